The number of carbonyl (C=O) groups is 1. The van der Waals surface area contributed by atoms with Crippen LogP contribution in [0.25, 0.3) is 4.85 Å². The molecule has 0 bridgehead atoms. The molecule has 0 aliphatic carbocycles. The van der Waals surface area contributed by atoms with E-state index in [1.165, 1.54) is 18.1 Å². The van der Waals surface area contributed by atoms with Gasteiger partial charge in [0.2, 0.25) is 0 Å². The predicted molar refractivity (Wildman–Crippen MR) is 117 cm³/mol. The molecule has 8 nitrogen and oxygen atoms in total. The van der Waals surface area contributed by atoms with E-state index >= 15 is 0 Å². The van der Waals surface area contributed by atoms with E-state index in [1.54, 1.807) is 23.4 Å². The minimum atomic E-state index is -0.482. The number of cyclic esters (lactones) is 1. The number of thiocarbonyl (C=S) groups is 1. The third-order valence-corrected chi connectivity index (χ3v) is 4.76. The molecule has 29 heavy (non-hydrogen) atoms. The van der Waals surface area contributed by atoms with E-state index in [1.807, 2.05) is 0 Å². The first-order valence-corrected chi connectivity index (χ1v) is 10.3. The van der Waals surface area contributed by atoms with Crippen molar-refractivity contribution in [1.29, 1.82) is 0 Å². The fourth-order valence-electron chi connectivity index (χ4n) is 2.75. The molecule has 0 spiro atoms. The highest BCUT2D eigenvalue weighted by Gasteiger charge is 2.32. The van der Waals surface area contributed by atoms with Gasteiger partial charge in [0.1, 0.15) is 18.3 Å². The van der Waals surface area contributed by atoms with Gasteiger partial charge in [0.15, 0.2) is 5.05 Å². The zero-order valence-electron chi connectivity index (χ0n) is 15.8. The molecule has 1 aromatic rings. The number of alkyl halides is 1. The average molecular weight is 486 g/mol. The van der Waals surface area contributed by atoms with Crippen LogP contribution in [0.15, 0.2) is 23.3 Å². The molecule has 2 aliphatic rings. The molecule has 0 radical (unpaired) electrons. The number of hydrogen-bond acceptors (Lipinski definition) is 7. The van der Waals surface area contributed by atoms with Crippen LogP contribution in [0.1, 0.15) is 12.8 Å². The maximum atomic E-state index is 14.5. The van der Waals surface area contributed by atoms with Gasteiger partial charge in [0, 0.05) is 28.9 Å². The number of hydrogen-bond donors (Lipinski definition) is 1. The number of benzene rings is 1. The van der Waals surface area contributed by atoms with Gasteiger partial charge in [0.05, 0.1) is 31.6 Å². The topological polar surface area (TPSA) is 70.8 Å². The number of ether oxygens (including phenoxy) is 2. The maximum Gasteiger partial charge on any atom is 0.414 e. The Hall–Kier alpha value is -2.45. The van der Waals surface area contributed by atoms with E-state index in [9.17, 15) is 9.18 Å². The van der Waals surface area contributed by atoms with Crippen LogP contribution in [0.5, 0.6) is 0 Å². The van der Waals surface area contributed by atoms with Gasteiger partial charge in [-0.05, 0) is 36.8 Å². The molecule has 1 N–H and O–H groups in total. The summed E-state index contributed by atoms with van der Waals surface area (Å²) in [5.74, 6) is -0.414. The normalized spacial score (nSPS) is 17.6. The van der Waals surface area contributed by atoms with E-state index in [4.69, 9.17) is 28.3 Å². The Bertz CT molecular complexity index is 804. The first-order chi connectivity index (χ1) is 14.0. The number of anilines is 2. The second kappa shape index (κ2) is 11.5. The van der Waals surface area contributed by atoms with Gasteiger partial charge >= 0.3 is 6.09 Å². The quantitative estimate of drug-likeness (QED) is 0.297. The Morgan fingerprint density at radius 2 is 2.34 bits per heavy atom. The third kappa shape index (κ3) is 6.54. The van der Waals surface area contributed by atoms with Gasteiger partial charge in [-0.25, -0.2) is 15.8 Å². The van der Waals surface area contributed by atoms with Crippen molar-refractivity contribution in [2.45, 2.75) is 18.9 Å². The Balaban J connectivity index is 0.000000687. The van der Waals surface area contributed by atoms with E-state index in [0.717, 1.165) is 0 Å². The predicted octanol–water partition coefficient (Wildman–Crippen LogP) is 3.52. The zero-order valence-corrected chi connectivity index (χ0v) is 18.2. The van der Waals surface area contributed by atoms with Crippen molar-refractivity contribution in [2.24, 2.45) is 5.10 Å². The van der Waals surface area contributed by atoms with Crippen molar-refractivity contribution in [1.82, 2.24) is 5.43 Å². The molecule has 0 saturated carbocycles. The van der Waals surface area contributed by atoms with Crippen LogP contribution in [0.3, 0.4) is 0 Å². The first kappa shape index (κ1) is 22.8. The van der Waals surface area contributed by atoms with Gasteiger partial charge in [0.25, 0.3) is 5.45 Å². The molecule has 1 saturated heterocycles. The number of nitrogens with zero attached hydrogens (tertiary/aromatic N) is 4. The van der Waals surface area contributed by atoms with Crippen molar-refractivity contribution in [3.63, 3.8) is 0 Å². The summed E-state index contributed by atoms with van der Waals surface area (Å²) in [6.07, 6.45) is 1.88. The molecule has 2 heterocycles. The average Bonchev–Trinajstić information content (AvgIpc) is 3.13. The van der Waals surface area contributed by atoms with Crippen molar-refractivity contribution in [2.75, 3.05) is 42.0 Å². The van der Waals surface area contributed by atoms with Crippen LogP contribution in [0, 0.1) is 12.4 Å². The summed E-state index contributed by atoms with van der Waals surface area (Å²) in [4.78, 5) is 18.1. The Labute approximate surface area is 182 Å². The lowest BCUT2D eigenvalue weighted by atomic mass is 10.2. The summed E-state index contributed by atoms with van der Waals surface area (Å²) in [5.41, 5.74) is 4.12. The molecule has 1 fully saturated rings. The zero-order chi connectivity index (χ0) is 21.2. The van der Waals surface area contributed by atoms with Crippen molar-refractivity contribution in [3.05, 3.63) is 35.4 Å². The van der Waals surface area contributed by atoms with Crippen LogP contribution < -0.4 is 15.2 Å². The number of methoxy groups -OCH3 is 1. The summed E-state index contributed by atoms with van der Waals surface area (Å²) in [6.45, 7) is 7.65. The molecular weight excluding hydrogens is 465 g/mol. The molecule has 2 aliphatic heterocycles. The molecule has 11 heteroatoms. The highest BCUT2D eigenvalue weighted by Crippen LogP contribution is 2.28. The van der Waals surface area contributed by atoms with Crippen molar-refractivity contribution in [3.8, 4) is 0 Å². The van der Waals surface area contributed by atoms with Gasteiger partial charge < -0.3 is 24.6 Å². The third-order valence-electron chi connectivity index (χ3n) is 4.14. The smallest absolute Gasteiger partial charge is 0.414 e. The van der Waals surface area contributed by atoms with Gasteiger partial charge in [-0.1, -0.05) is 0 Å². The number of rotatable bonds is 5. The van der Waals surface area contributed by atoms with E-state index in [2.05, 4.69) is 31.3 Å². The number of amides is 1. The minimum Gasteiger partial charge on any atom is -0.490 e. The lowest BCUT2D eigenvalue weighted by Crippen LogP contribution is -2.35. The van der Waals surface area contributed by atoms with Crippen LogP contribution in [0.4, 0.5) is 20.6 Å². The summed E-state index contributed by atoms with van der Waals surface area (Å²) >= 11 is 7.88. The van der Waals surface area contributed by atoms with Gasteiger partial charge in [-0.2, -0.15) is 5.10 Å². The fourth-order valence-corrected chi connectivity index (χ4v) is 2.86. The highest BCUT2D eigenvalue weighted by molar-refractivity contribution is 9.09. The molecular formula is C18H21BrFN5O3S. The molecule has 1 atom stereocenters. The summed E-state index contributed by atoms with van der Waals surface area (Å²) in [5, 5.41) is 4.39. The van der Waals surface area contributed by atoms with Crippen LogP contribution in [0.2, 0.25) is 0 Å². The summed E-state index contributed by atoms with van der Waals surface area (Å²) in [6, 6.07) is 4.69. The monoisotopic (exact) mass is 485 g/mol. The highest BCUT2D eigenvalue weighted by atomic mass is 79.9. The molecule has 1 amide bonds. The Morgan fingerprint density at radius 3 is 2.93 bits per heavy atom. The lowest BCUT2D eigenvalue weighted by Gasteiger charge is -2.24. The van der Waals surface area contributed by atoms with Crippen LogP contribution in [-0.2, 0) is 9.47 Å². The van der Waals surface area contributed by atoms with Gasteiger partial charge in [-0.15, -0.1) is 0 Å². The molecule has 3 rings (SSSR count). The fraction of sp³-hybridized carbons (Fsp3) is 0.444. The number of nitrogens with one attached hydrogen (secondary N) is 1. The van der Waals surface area contributed by atoms with Crippen LogP contribution in [-0.4, -0.2) is 55.8 Å². The number of hydrazone groups is 1. The second-order valence-corrected chi connectivity index (χ2v) is 6.95. The maximum absolute atomic E-state index is 14.5. The molecule has 1 aromatic carbocycles. The Kier molecular flexibility index (Phi) is 9.08. The molecule has 0 unspecified atom stereocenters. The van der Waals surface area contributed by atoms with E-state index < -0.39 is 11.9 Å². The number of carbonyl (C=O) groups excluding carboxylic acids is 1. The minimum absolute atomic E-state index is 0.288. The van der Waals surface area contributed by atoms with Crippen LogP contribution >= 0.6 is 28.1 Å². The molecule has 156 valence electrons. The second-order valence-electron chi connectivity index (χ2n) is 5.99. The molecule has 0 aromatic heterocycles. The number of halogens is 2. The SMILES string of the molecule is COC(=S)CC[C@H]1CN(c2ccc(N3C=NNCC3)c(F)c2)C(=O)O1.[C-]#[N+]CBr. The lowest BCUT2D eigenvalue weighted by molar-refractivity contribution is 0.137. The van der Waals surface area contributed by atoms with E-state index in [-0.39, 0.29) is 6.10 Å². The largest absolute Gasteiger partial charge is 0.490 e. The van der Waals surface area contributed by atoms with E-state index in [0.29, 0.717) is 54.4 Å². The first-order valence-electron chi connectivity index (χ1n) is 8.76. The summed E-state index contributed by atoms with van der Waals surface area (Å²) in [7, 11) is 1.52. The standard InChI is InChI=1S/C16H19FN4O3S.C2H2BrN/c1-23-15(25)5-3-12-9-21(16(22)24-12)11-2-4-14(13(17)8-11)20-7-6-18-19-10-20;1-4-2-3/h2,4,8,10,12,18H,3,5-7,9H2,1H3;2H2/t12-;/m0./s1. The Morgan fingerprint density at radius 1 is 1.59 bits per heavy atom. The van der Waals surface area contributed by atoms with Gasteiger partial charge in [-0.3, -0.25) is 4.90 Å². The van der Waals surface area contributed by atoms with Crippen molar-refractivity contribution < 1.29 is 18.7 Å². The van der Waals surface area contributed by atoms with Crippen molar-refractivity contribution >= 4 is 57.0 Å². The summed E-state index contributed by atoms with van der Waals surface area (Å²) < 4.78 is 24.7.